The van der Waals surface area contributed by atoms with Crippen molar-refractivity contribution in [2.24, 2.45) is 0 Å². The normalized spacial score (nSPS) is 10.7. The minimum atomic E-state index is -0.781. The number of aromatic nitrogens is 1. The second-order valence-electron chi connectivity index (χ2n) is 5.25. The van der Waals surface area contributed by atoms with Gasteiger partial charge in [0.2, 0.25) is 5.75 Å². The number of methoxy groups -OCH3 is 1. The first-order chi connectivity index (χ1) is 12.0. The van der Waals surface area contributed by atoms with E-state index in [2.05, 4.69) is 15.9 Å². The van der Waals surface area contributed by atoms with Crippen molar-refractivity contribution in [3.05, 3.63) is 74.6 Å². The molecular formula is C18H13BrClNO4. The summed E-state index contributed by atoms with van der Waals surface area (Å²) in [6.07, 6.45) is 1.29. The predicted molar refractivity (Wildman–Crippen MR) is 97.7 cm³/mol. The van der Waals surface area contributed by atoms with Gasteiger partial charge in [0.25, 0.3) is 0 Å². The summed E-state index contributed by atoms with van der Waals surface area (Å²) in [4.78, 5) is 12.1. The maximum Gasteiger partial charge on any atom is 0.408 e. The summed E-state index contributed by atoms with van der Waals surface area (Å²) >= 11 is 9.51. The van der Waals surface area contributed by atoms with Crippen LogP contribution in [0.2, 0.25) is 5.02 Å². The van der Waals surface area contributed by atoms with Gasteiger partial charge in [0.15, 0.2) is 6.20 Å². The van der Waals surface area contributed by atoms with E-state index in [4.69, 9.17) is 21.1 Å². The van der Waals surface area contributed by atoms with Crippen molar-refractivity contribution in [3.8, 4) is 5.75 Å². The maximum absolute atomic E-state index is 12.4. The molecule has 1 heterocycles. The molecule has 0 aliphatic rings. The second kappa shape index (κ2) is 7.29. The Hall–Kier alpha value is -2.31. The molecule has 3 aromatic rings. The van der Waals surface area contributed by atoms with Crippen molar-refractivity contribution in [1.82, 2.24) is 0 Å². The Labute approximate surface area is 157 Å². The molecule has 7 heteroatoms. The molecule has 0 amide bonds. The van der Waals surface area contributed by atoms with E-state index in [-0.39, 0.29) is 18.1 Å². The van der Waals surface area contributed by atoms with Crippen LogP contribution in [0.3, 0.4) is 0 Å². The van der Waals surface area contributed by atoms with Crippen molar-refractivity contribution < 1.29 is 19.0 Å². The number of nitrogens with zero attached hydrogens (tertiary/aromatic N) is 1. The molecule has 0 radical (unpaired) electrons. The Balaban J connectivity index is 2.19. The minimum Gasteiger partial charge on any atom is -0.618 e. The van der Waals surface area contributed by atoms with Crippen LogP contribution in [-0.2, 0) is 11.3 Å². The number of hydrogen-bond donors (Lipinski definition) is 0. The van der Waals surface area contributed by atoms with E-state index in [0.717, 1.165) is 5.56 Å². The number of pyridine rings is 1. The predicted octanol–water partition coefficient (Wildman–Crippen LogP) is 4.25. The highest BCUT2D eigenvalue weighted by Gasteiger charge is 2.28. The zero-order chi connectivity index (χ0) is 18.0. The van der Waals surface area contributed by atoms with Crippen molar-refractivity contribution in [2.45, 2.75) is 6.61 Å². The van der Waals surface area contributed by atoms with E-state index in [0.29, 0.717) is 25.0 Å². The number of rotatable bonds is 4. The van der Waals surface area contributed by atoms with E-state index < -0.39 is 5.97 Å². The van der Waals surface area contributed by atoms with Crippen LogP contribution in [0.15, 0.2) is 53.1 Å². The van der Waals surface area contributed by atoms with Gasteiger partial charge in [0.1, 0.15) is 6.61 Å². The van der Waals surface area contributed by atoms with Crippen LogP contribution in [0, 0.1) is 5.21 Å². The van der Waals surface area contributed by atoms with Gasteiger partial charge in [0.05, 0.1) is 12.5 Å². The average molecular weight is 423 g/mol. The van der Waals surface area contributed by atoms with Gasteiger partial charge in [-0.2, -0.15) is 4.73 Å². The number of benzene rings is 2. The molecule has 0 N–H and O–H groups in total. The fourth-order valence-corrected chi connectivity index (χ4v) is 3.38. The van der Waals surface area contributed by atoms with E-state index >= 15 is 0 Å². The highest BCUT2D eigenvalue weighted by molar-refractivity contribution is 9.10. The molecule has 0 aliphatic heterocycles. The van der Waals surface area contributed by atoms with Gasteiger partial charge in [-0.15, -0.1) is 0 Å². The highest BCUT2D eigenvalue weighted by atomic mass is 79.9. The first kappa shape index (κ1) is 17.5. The fourth-order valence-electron chi connectivity index (χ4n) is 2.47. The zero-order valence-electron chi connectivity index (χ0n) is 13.2. The zero-order valence-corrected chi connectivity index (χ0v) is 15.5. The van der Waals surface area contributed by atoms with Gasteiger partial charge < -0.3 is 14.7 Å². The molecule has 1 aromatic heterocycles. The molecule has 2 aromatic carbocycles. The fraction of sp³-hybridized carbons (Fsp3) is 0.111. The van der Waals surface area contributed by atoms with Crippen LogP contribution in [0.1, 0.15) is 16.1 Å². The number of esters is 1. The van der Waals surface area contributed by atoms with Crippen LogP contribution in [-0.4, -0.2) is 13.1 Å². The second-order valence-corrected chi connectivity index (χ2v) is 6.54. The Morgan fingerprint density at radius 3 is 2.64 bits per heavy atom. The van der Waals surface area contributed by atoms with Gasteiger partial charge in [-0.25, -0.2) is 4.79 Å². The van der Waals surface area contributed by atoms with Crippen LogP contribution < -0.4 is 9.47 Å². The summed E-state index contributed by atoms with van der Waals surface area (Å²) in [5.41, 5.74) is 0.675. The largest absolute Gasteiger partial charge is 0.618 e. The Bertz CT molecular complexity index is 947. The van der Waals surface area contributed by atoms with Gasteiger partial charge in [-0.1, -0.05) is 41.9 Å². The maximum atomic E-state index is 12.4. The number of halogens is 2. The number of ether oxygens (including phenoxy) is 2. The van der Waals surface area contributed by atoms with E-state index in [1.54, 1.807) is 12.1 Å². The molecule has 0 unspecified atom stereocenters. The number of carbonyl (C=O) groups is 1. The average Bonchev–Trinajstić information content (AvgIpc) is 2.60. The van der Waals surface area contributed by atoms with Crippen molar-refractivity contribution in [3.63, 3.8) is 0 Å². The van der Waals surface area contributed by atoms with Crippen molar-refractivity contribution >= 4 is 44.3 Å². The third-order valence-corrected chi connectivity index (χ3v) is 4.50. The van der Waals surface area contributed by atoms with E-state index in [9.17, 15) is 10.0 Å². The molecule has 0 saturated heterocycles. The van der Waals surface area contributed by atoms with E-state index in [1.807, 2.05) is 30.3 Å². The van der Waals surface area contributed by atoms with Crippen LogP contribution in [0.25, 0.3) is 10.8 Å². The molecule has 0 saturated carbocycles. The lowest BCUT2D eigenvalue weighted by Crippen LogP contribution is -2.35. The molecule has 0 spiro atoms. The highest BCUT2D eigenvalue weighted by Crippen LogP contribution is 2.35. The van der Waals surface area contributed by atoms with E-state index in [1.165, 1.54) is 13.3 Å². The lowest BCUT2D eigenvalue weighted by Gasteiger charge is -2.14. The lowest BCUT2D eigenvalue weighted by atomic mass is 10.1. The summed E-state index contributed by atoms with van der Waals surface area (Å²) in [7, 11) is 1.21. The molecule has 0 atom stereocenters. The van der Waals surface area contributed by atoms with Gasteiger partial charge in [0, 0.05) is 14.9 Å². The molecule has 3 rings (SSSR count). The Kier molecular flexibility index (Phi) is 5.11. The minimum absolute atomic E-state index is 0.131. The van der Waals surface area contributed by atoms with Gasteiger partial charge in [-0.3, -0.25) is 0 Å². The summed E-state index contributed by atoms with van der Waals surface area (Å²) in [5.74, 6) is -0.650. The molecule has 5 nitrogen and oxygen atoms in total. The first-order valence-electron chi connectivity index (χ1n) is 7.31. The van der Waals surface area contributed by atoms with Crippen molar-refractivity contribution in [1.29, 1.82) is 0 Å². The summed E-state index contributed by atoms with van der Waals surface area (Å²) in [5, 5.41) is 14.0. The summed E-state index contributed by atoms with van der Waals surface area (Å²) in [6, 6.07) is 12.7. The monoisotopic (exact) mass is 421 g/mol. The number of hydrogen-bond acceptors (Lipinski definition) is 4. The summed E-state index contributed by atoms with van der Waals surface area (Å²) < 4.78 is 11.7. The molecule has 128 valence electrons. The third kappa shape index (κ3) is 3.55. The number of carbonyl (C=O) groups excluding carboxylic acids is 1. The van der Waals surface area contributed by atoms with Crippen LogP contribution >= 0.6 is 27.5 Å². The van der Waals surface area contributed by atoms with Gasteiger partial charge >= 0.3 is 11.7 Å². The molecule has 0 aliphatic carbocycles. The molecule has 0 bridgehead atoms. The SMILES string of the molecule is COC(=O)c1c(OCc2ccccc2)c2cc(Cl)cc(Br)c2c[n+]1[O-]. The lowest BCUT2D eigenvalue weighted by molar-refractivity contribution is -0.607. The standard InChI is InChI=1S/C18H13BrClNO4/c1-24-18(22)16-17(25-10-11-5-3-2-4-6-11)13-7-12(20)8-15(19)14(13)9-21(16)23/h2-9H,10H2,1H3. The van der Waals surface area contributed by atoms with Crippen LogP contribution in [0.5, 0.6) is 5.75 Å². The topological polar surface area (TPSA) is 62.5 Å². The molecule has 0 fully saturated rings. The Morgan fingerprint density at radius 2 is 1.96 bits per heavy atom. The quantitative estimate of drug-likeness (QED) is 0.358. The number of fused-ring (bicyclic) bond motifs is 1. The Morgan fingerprint density at radius 1 is 1.24 bits per heavy atom. The molecule has 25 heavy (non-hydrogen) atoms. The smallest absolute Gasteiger partial charge is 0.408 e. The van der Waals surface area contributed by atoms with Crippen molar-refractivity contribution in [2.75, 3.05) is 7.11 Å². The summed E-state index contributed by atoms with van der Waals surface area (Å²) in [6.45, 7) is 0.189. The first-order valence-corrected chi connectivity index (χ1v) is 8.48. The van der Waals surface area contributed by atoms with Crippen LogP contribution in [0.4, 0.5) is 0 Å². The van der Waals surface area contributed by atoms with Gasteiger partial charge in [-0.05, 0) is 33.6 Å². The molecular weight excluding hydrogens is 410 g/mol. The third-order valence-electron chi connectivity index (χ3n) is 3.63.